The van der Waals surface area contributed by atoms with Crippen molar-refractivity contribution in [3.8, 4) is 11.5 Å². The molecule has 0 fully saturated rings. The molecule has 0 bridgehead atoms. The molecule has 0 spiro atoms. The van der Waals surface area contributed by atoms with Crippen molar-refractivity contribution in [2.45, 2.75) is 6.42 Å². The number of carbonyl (C=O) groups is 1. The van der Waals surface area contributed by atoms with E-state index in [9.17, 15) is 4.79 Å². The van der Waals surface area contributed by atoms with E-state index >= 15 is 0 Å². The summed E-state index contributed by atoms with van der Waals surface area (Å²) in [4.78, 5) is 16.0. The Balaban J connectivity index is 1.80. The summed E-state index contributed by atoms with van der Waals surface area (Å²) in [5.41, 5.74) is 0.926. The first-order chi connectivity index (χ1) is 10.6. The van der Waals surface area contributed by atoms with Gasteiger partial charge in [0, 0.05) is 23.7 Å². The Morgan fingerprint density at radius 3 is 2.45 bits per heavy atom. The maximum atomic E-state index is 12.2. The number of anilines is 1. The molecule has 1 aliphatic heterocycles. The van der Waals surface area contributed by atoms with E-state index in [4.69, 9.17) is 32.7 Å². The van der Waals surface area contributed by atoms with Crippen LogP contribution in [0.5, 0.6) is 11.5 Å². The van der Waals surface area contributed by atoms with Gasteiger partial charge < -0.3 is 14.8 Å². The fraction of sp³-hybridized carbons (Fsp3) is 0.200. The summed E-state index contributed by atoms with van der Waals surface area (Å²) in [7, 11) is 0. The van der Waals surface area contributed by atoms with Crippen LogP contribution in [0.15, 0.2) is 30.3 Å². The number of halogens is 2. The molecule has 7 heteroatoms. The van der Waals surface area contributed by atoms with Crippen molar-refractivity contribution >= 4 is 34.8 Å². The average Bonchev–Trinajstić information content (AvgIpc) is 2.71. The number of hydrogen-bond donors (Lipinski definition) is 1. The molecule has 22 heavy (non-hydrogen) atoms. The summed E-state index contributed by atoms with van der Waals surface area (Å²) in [6, 6.07) is 8.14. The minimum atomic E-state index is -0.333. The number of ether oxygens (including phenoxy) is 2. The fourth-order valence-electron chi connectivity index (χ4n) is 2.04. The Kier molecular flexibility index (Phi) is 4.36. The molecule has 3 rings (SSSR count). The number of carbonyl (C=O) groups excluding carboxylic acids is 1. The topological polar surface area (TPSA) is 60.5 Å². The number of pyridine rings is 1. The molecule has 1 aromatic carbocycles. The van der Waals surface area contributed by atoms with Gasteiger partial charge in [0.15, 0.2) is 11.5 Å². The highest BCUT2D eigenvalue weighted by molar-refractivity contribution is 6.33. The average molecular weight is 339 g/mol. The summed E-state index contributed by atoms with van der Waals surface area (Å²) < 4.78 is 11.1. The summed E-state index contributed by atoms with van der Waals surface area (Å²) >= 11 is 11.6. The highest BCUT2D eigenvalue weighted by Crippen LogP contribution is 2.32. The van der Waals surface area contributed by atoms with Crippen LogP contribution in [0.25, 0.3) is 0 Å². The zero-order chi connectivity index (χ0) is 15.5. The van der Waals surface area contributed by atoms with E-state index in [1.165, 1.54) is 12.1 Å². The second kappa shape index (κ2) is 6.42. The van der Waals surface area contributed by atoms with Gasteiger partial charge in [-0.3, -0.25) is 4.79 Å². The normalized spacial score (nSPS) is 13.4. The predicted molar refractivity (Wildman–Crippen MR) is 84.3 cm³/mol. The lowest BCUT2D eigenvalue weighted by molar-refractivity contribution is 0.102. The number of hydrogen-bond acceptors (Lipinski definition) is 4. The van der Waals surface area contributed by atoms with Gasteiger partial charge in [0.2, 0.25) is 0 Å². The minimum Gasteiger partial charge on any atom is -0.490 e. The third kappa shape index (κ3) is 3.43. The first kappa shape index (κ1) is 14.9. The molecule has 1 aliphatic rings. The highest BCUT2D eigenvalue weighted by Gasteiger charge is 2.13. The van der Waals surface area contributed by atoms with Gasteiger partial charge in [0.05, 0.1) is 13.2 Å². The Morgan fingerprint density at radius 2 is 1.73 bits per heavy atom. The number of aromatic nitrogens is 1. The molecular formula is C15H12Cl2N2O3. The van der Waals surface area contributed by atoms with Crippen molar-refractivity contribution in [2.24, 2.45) is 0 Å². The molecule has 0 radical (unpaired) electrons. The largest absolute Gasteiger partial charge is 0.490 e. The number of rotatable bonds is 2. The van der Waals surface area contributed by atoms with E-state index < -0.39 is 0 Å². The molecule has 1 amide bonds. The van der Waals surface area contributed by atoms with Crippen LogP contribution in [0, 0.1) is 0 Å². The number of benzene rings is 1. The van der Waals surface area contributed by atoms with Crippen LogP contribution < -0.4 is 14.8 Å². The van der Waals surface area contributed by atoms with Crippen LogP contribution >= 0.6 is 23.2 Å². The number of fused-ring (bicyclic) bond motifs is 1. The lowest BCUT2D eigenvalue weighted by Crippen LogP contribution is -2.12. The van der Waals surface area contributed by atoms with E-state index in [2.05, 4.69) is 10.3 Å². The molecule has 1 N–H and O–H groups in total. The summed E-state index contributed by atoms with van der Waals surface area (Å²) in [6.45, 7) is 1.20. The molecule has 2 heterocycles. The standard InChI is InChI=1S/C15H12Cl2N2O3/c16-13-6-9(7-14(17)19-13)15(20)18-10-2-3-11-12(8-10)22-5-1-4-21-11/h2-3,6-8H,1,4-5H2,(H,18,20). The van der Waals surface area contributed by atoms with E-state index in [0.29, 0.717) is 36.0 Å². The second-order valence-corrected chi connectivity index (χ2v) is 5.44. The van der Waals surface area contributed by atoms with E-state index in [1.807, 2.05) is 0 Å². The lowest BCUT2D eigenvalue weighted by atomic mass is 10.2. The molecule has 5 nitrogen and oxygen atoms in total. The lowest BCUT2D eigenvalue weighted by Gasteiger charge is -2.10. The maximum absolute atomic E-state index is 12.2. The summed E-state index contributed by atoms with van der Waals surface area (Å²) in [5, 5.41) is 3.09. The van der Waals surface area contributed by atoms with Crippen LogP contribution in [0.2, 0.25) is 10.3 Å². The van der Waals surface area contributed by atoms with Crippen molar-refractivity contribution in [1.29, 1.82) is 0 Å². The monoisotopic (exact) mass is 338 g/mol. The zero-order valence-electron chi connectivity index (χ0n) is 11.4. The Labute approximate surface area is 137 Å². The molecule has 0 atom stereocenters. The SMILES string of the molecule is O=C(Nc1ccc2c(c1)OCCCO2)c1cc(Cl)nc(Cl)c1. The van der Waals surface area contributed by atoms with Gasteiger partial charge in [0.1, 0.15) is 10.3 Å². The van der Waals surface area contributed by atoms with Crippen molar-refractivity contribution < 1.29 is 14.3 Å². The molecule has 0 unspecified atom stereocenters. The van der Waals surface area contributed by atoms with Crippen LogP contribution in [-0.2, 0) is 0 Å². The minimum absolute atomic E-state index is 0.163. The summed E-state index contributed by atoms with van der Waals surface area (Å²) in [5.74, 6) is 0.951. The second-order valence-electron chi connectivity index (χ2n) is 4.67. The first-order valence-electron chi connectivity index (χ1n) is 6.66. The van der Waals surface area contributed by atoms with Crippen LogP contribution in [0.3, 0.4) is 0 Å². The predicted octanol–water partition coefficient (Wildman–Crippen LogP) is 3.80. The molecule has 0 aliphatic carbocycles. The van der Waals surface area contributed by atoms with E-state index in [1.54, 1.807) is 18.2 Å². The third-order valence-electron chi connectivity index (χ3n) is 3.03. The Morgan fingerprint density at radius 1 is 1.05 bits per heavy atom. The molecule has 1 aromatic heterocycles. The van der Waals surface area contributed by atoms with Gasteiger partial charge in [-0.05, 0) is 24.3 Å². The van der Waals surface area contributed by atoms with Crippen molar-refractivity contribution in [3.63, 3.8) is 0 Å². The van der Waals surface area contributed by atoms with Crippen LogP contribution in [0.1, 0.15) is 16.8 Å². The zero-order valence-corrected chi connectivity index (χ0v) is 12.9. The van der Waals surface area contributed by atoms with Gasteiger partial charge in [-0.15, -0.1) is 0 Å². The highest BCUT2D eigenvalue weighted by atomic mass is 35.5. The first-order valence-corrected chi connectivity index (χ1v) is 7.41. The van der Waals surface area contributed by atoms with Crippen LogP contribution in [-0.4, -0.2) is 24.1 Å². The van der Waals surface area contributed by atoms with Gasteiger partial charge in [0.25, 0.3) is 5.91 Å². The molecule has 0 saturated heterocycles. The van der Waals surface area contributed by atoms with Gasteiger partial charge in [-0.1, -0.05) is 23.2 Å². The van der Waals surface area contributed by atoms with Gasteiger partial charge in [-0.25, -0.2) is 4.98 Å². The Hall–Kier alpha value is -1.98. The smallest absolute Gasteiger partial charge is 0.255 e. The van der Waals surface area contributed by atoms with Crippen molar-refractivity contribution in [1.82, 2.24) is 4.98 Å². The summed E-state index contributed by atoms with van der Waals surface area (Å²) in [6.07, 6.45) is 0.824. The van der Waals surface area contributed by atoms with Gasteiger partial charge >= 0.3 is 0 Å². The number of nitrogens with zero attached hydrogens (tertiary/aromatic N) is 1. The van der Waals surface area contributed by atoms with Crippen LogP contribution in [0.4, 0.5) is 5.69 Å². The Bertz CT molecular complexity index is 702. The quantitative estimate of drug-likeness (QED) is 0.846. The molecular weight excluding hydrogens is 327 g/mol. The fourth-order valence-corrected chi connectivity index (χ4v) is 2.50. The molecule has 2 aromatic rings. The number of amides is 1. The molecule has 114 valence electrons. The van der Waals surface area contributed by atoms with E-state index in [0.717, 1.165) is 6.42 Å². The van der Waals surface area contributed by atoms with E-state index in [-0.39, 0.29) is 16.2 Å². The third-order valence-corrected chi connectivity index (χ3v) is 3.42. The number of nitrogens with one attached hydrogen (secondary N) is 1. The van der Waals surface area contributed by atoms with Crippen molar-refractivity contribution in [3.05, 3.63) is 46.2 Å². The van der Waals surface area contributed by atoms with Gasteiger partial charge in [-0.2, -0.15) is 0 Å². The molecule has 0 saturated carbocycles. The maximum Gasteiger partial charge on any atom is 0.255 e. The van der Waals surface area contributed by atoms with Crippen molar-refractivity contribution in [2.75, 3.05) is 18.5 Å².